The van der Waals surface area contributed by atoms with Crippen molar-refractivity contribution in [2.45, 2.75) is 289 Å². The van der Waals surface area contributed by atoms with E-state index in [2.05, 4.69) is 62.5 Å². The molecule has 0 aliphatic rings. The zero-order valence-electron chi connectivity index (χ0n) is 47.8. The molecular weight excluding hydrogens is 899 g/mol. The highest BCUT2D eigenvalue weighted by Crippen LogP contribution is 2.17. The minimum Gasteiger partial charge on any atom is -0.477 e. The zero-order chi connectivity index (χ0) is 52.7. The van der Waals surface area contributed by atoms with Crippen molar-refractivity contribution in [1.29, 1.82) is 0 Å². The summed E-state index contributed by atoms with van der Waals surface area (Å²) in [6.07, 6.45) is 64.8. The molecule has 72 heavy (non-hydrogen) atoms. The number of carboxylic acids is 1. The van der Waals surface area contributed by atoms with Gasteiger partial charge in [0.2, 0.25) is 0 Å². The maximum Gasteiger partial charge on any atom is 0.361 e. The lowest BCUT2D eigenvalue weighted by Crippen LogP contribution is -2.40. The number of unbranched alkanes of at least 4 members (excludes halogenated alkanes) is 33. The molecule has 0 radical (unpaired) electrons. The van der Waals surface area contributed by atoms with E-state index in [-0.39, 0.29) is 32.2 Å². The SMILES string of the molecule is CCCCCC/C=C\C/C=C\CCCCCCCCCC(=O)OCC(COC(OCC[N+](C)(C)C)C(=O)O)OC(=O)CCCCCCCCCCCCCCCCCCC/C=C\C/C=C\CCCCCCC. The maximum atomic E-state index is 12.9. The van der Waals surface area contributed by atoms with Crippen molar-refractivity contribution < 1.29 is 42.9 Å². The van der Waals surface area contributed by atoms with Crippen LogP contribution in [0.3, 0.4) is 0 Å². The Bertz CT molecular complexity index is 1320. The number of ether oxygens (including phenoxy) is 4. The van der Waals surface area contributed by atoms with Gasteiger partial charge in [-0.25, -0.2) is 4.79 Å². The summed E-state index contributed by atoms with van der Waals surface area (Å²) in [4.78, 5) is 37.4. The van der Waals surface area contributed by atoms with E-state index in [0.29, 0.717) is 17.4 Å². The minimum atomic E-state index is -1.51. The highest BCUT2D eigenvalue weighted by Gasteiger charge is 2.25. The average molecular weight is 1020 g/mol. The molecule has 9 nitrogen and oxygen atoms in total. The molecular formula is C63H116NO8+. The van der Waals surface area contributed by atoms with Gasteiger partial charge in [-0.15, -0.1) is 0 Å². The number of esters is 2. The van der Waals surface area contributed by atoms with E-state index in [0.717, 1.165) is 64.2 Å². The average Bonchev–Trinajstić information content (AvgIpc) is 3.35. The summed E-state index contributed by atoms with van der Waals surface area (Å²) >= 11 is 0. The van der Waals surface area contributed by atoms with E-state index >= 15 is 0 Å². The molecule has 0 aliphatic carbocycles. The fourth-order valence-electron chi connectivity index (χ4n) is 8.60. The number of allylic oxidation sites excluding steroid dienone is 8. The number of aliphatic carboxylic acids is 1. The van der Waals surface area contributed by atoms with E-state index in [9.17, 15) is 19.5 Å². The molecule has 0 rings (SSSR count). The summed E-state index contributed by atoms with van der Waals surface area (Å²) in [5.74, 6) is -2.00. The molecule has 9 heteroatoms. The fraction of sp³-hybridized carbons (Fsp3) is 0.825. The number of hydrogen-bond donors (Lipinski definition) is 1. The van der Waals surface area contributed by atoms with E-state index in [4.69, 9.17) is 18.9 Å². The monoisotopic (exact) mass is 1010 g/mol. The van der Waals surface area contributed by atoms with Crippen LogP contribution in [0, 0.1) is 0 Å². The normalized spacial score (nSPS) is 13.1. The second kappa shape index (κ2) is 54.5. The quantitative estimate of drug-likeness (QED) is 0.0211. The number of likely N-dealkylation sites (N-methyl/N-ethyl adjacent to an activating group) is 1. The summed E-state index contributed by atoms with van der Waals surface area (Å²) in [6.45, 7) is 4.87. The molecule has 0 saturated heterocycles. The fourth-order valence-corrected chi connectivity index (χ4v) is 8.60. The van der Waals surface area contributed by atoms with Crippen LogP contribution < -0.4 is 0 Å². The molecule has 0 bridgehead atoms. The first-order valence-electron chi connectivity index (χ1n) is 30.3. The molecule has 0 aliphatic heterocycles. The lowest BCUT2D eigenvalue weighted by molar-refractivity contribution is -0.870. The highest BCUT2D eigenvalue weighted by atomic mass is 16.7. The third-order valence-electron chi connectivity index (χ3n) is 13.3. The molecule has 0 aromatic rings. The van der Waals surface area contributed by atoms with Gasteiger partial charge in [-0.05, 0) is 77.0 Å². The Morgan fingerprint density at radius 2 is 0.750 bits per heavy atom. The van der Waals surface area contributed by atoms with Crippen molar-refractivity contribution in [1.82, 2.24) is 0 Å². The number of carbonyl (C=O) groups excluding carboxylic acids is 2. The standard InChI is InChI=1S/C63H115NO8/c1-6-8-10-12-14-16-18-20-22-24-26-27-28-29-30-31-32-33-34-35-36-38-40-42-44-46-48-50-52-54-61(66)72-59(58-71-63(62(67)68)69-56-55-64(3,4)5)57-70-60(65)53-51-49-47-45-43-41-39-37-25-23-21-19-17-15-13-11-9-7-2/h17-20,23-26,59,63H,6-16,21-22,27-58H2,1-5H3/p+1/b19-17-,20-18-,25-23-,26-24-. The first-order valence-corrected chi connectivity index (χ1v) is 30.3. The molecule has 0 aromatic heterocycles. The molecule has 0 saturated carbocycles. The van der Waals surface area contributed by atoms with Crippen molar-refractivity contribution in [2.24, 2.45) is 0 Å². The van der Waals surface area contributed by atoms with Crippen molar-refractivity contribution in [3.63, 3.8) is 0 Å². The van der Waals surface area contributed by atoms with Crippen LogP contribution >= 0.6 is 0 Å². The van der Waals surface area contributed by atoms with Crippen molar-refractivity contribution in [3.05, 3.63) is 48.6 Å². The molecule has 0 fully saturated rings. The van der Waals surface area contributed by atoms with Crippen LogP contribution in [0.2, 0.25) is 0 Å². The van der Waals surface area contributed by atoms with Crippen LogP contribution in [0.25, 0.3) is 0 Å². The Hall–Kier alpha value is -2.75. The lowest BCUT2D eigenvalue weighted by atomic mass is 10.0. The molecule has 1 N–H and O–H groups in total. The van der Waals surface area contributed by atoms with Crippen LogP contribution in [0.1, 0.15) is 277 Å². The first-order chi connectivity index (χ1) is 35.1. The Labute approximate surface area is 444 Å². The van der Waals surface area contributed by atoms with Crippen molar-refractivity contribution in [2.75, 3.05) is 47.5 Å². The summed E-state index contributed by atoms with van der Waals surface area (Å²) in [6, 6.07) is 0. The predicted octanol–water partition coefficient (Wildman–Crippen LogP) is 17.9. The van der Waals surface area contributed by atoms with Gasteiger partial charge in [0.25, 0.3) is 6.29 Å². The first kappa shape index (κ1) is 69.2. The third kappa shape index (κ3) is 55.0. The smallest absolute Gasteiger partial charge is 0.361 e. The lowest BCUT2D eigenvalue weighted by Gasteiger charge is -2.25. The van der Waals surface area contributed by atoms with Crippen LogP contribution in [0.4, 0.5) is 0 Å². The van der Waals surface area contributed by atoms with Crippen molar-refractivity contribution in [3.8, 4) is 0 Å². The Kier molecular flexibility index (Phi) is 52.4. The second-order valence-electron chi connectivity index (χ2n) is 21.7. The topological polar surface area (TPSA) is 108 Å². The number of carboxylic acid groups (broad SMARTS) is 1. The van der Waals surface area contributed by atoms with Gasteiger partial charge in [0, 0.05) is 12.8 Å². The predicted molar refractivity (Wildman–Crippen MR) is 304 cm³/mol. The summed E-state index contributed by atoms with van der Waals surface area (Å²) in [5, 5.41) is 9.71. The number of hydrogen-bond acceptors (Lipinski definition) is 7. The van der Waals surface area contributed by atoms with Gasteiger partial charge < -0.3 is 28.5 Å². The van der Waals surface area contributed by atoms with Crippen LogP contribution in [0.5, 0.6) is 0 Å². The second-order valence-corrected chi connectivity index (χ2v) is 21.7. The maximum absolute atomic E-state index is 12.9. The van der Waals surface area contributed by atoms with E-state index in [1.807, 2.05) is 21.1 Å². The largest absolute Gasteiger partial charge is 0.477 e. The third-order valence-corrected chi connectivity index (χ3v) is 13.3. The van der Waals surface area contributed by atoms with Gasteiger partial charge in [0.05, 0.1) is 34.4 Å². The van der Waals surface area contributed by atoms with E-state index in [1.165, 1.54) is 186 Å². The van der Waals surface area contributed by atoms with Crippen molar-refractivity contribution >= 4 is 17.9 Å². The number of carbonyl (C=O) groups is 3. The van der Waals surface area contributed by atoms with Gasteiger partial charge in [0.1, 0.15) is 13.2 Å². The van der Waals surface area contributed by atoms with Crippen LogP contribution in [-0.4, -0.2) is 87.4 Å². The molecule has 0 heterocycles. The Morgan fingerprint density at radius 3 is 1.11 bits per heavy atom. The molecule has 0 aromatic carbocycles. The molecule has 0 spiro atoms. The van der Waals surface area contributed by atoms with Gasteiger partial charge in [0.15, 0.2) is 6.10 Å². The minimum absolute atomic E-state index is 0.184. The summed E-state index contributed by atoms with van der Waals surface area (Å²) in [7, 11) is 5.97. The molecule has 2 unspecified atom stereocenters. The summed E-state index contributed by atoms with van der Waals surface area (Å²) in [5.41, 5.74) is 0. The van der Waals surface area contributed by atoms with E-state index in [1.54, 1.807) is 0 Å². The van der Waals surface area contributed by atoms with Gasteiger partial charge in [-0.2, -0.15) is 0 Å². The van der Waals surface area contributed by atoms with Gasteiger partial charge in [-0.3, -0.25) is 9.59 Å². The summed E-state index contributed by atoms with van der Waals surface area (Å²) < 4.78 is 22.9. The van der Waals surface area contributed by atoms with Crippen LogP contribution in [0.15, 0.2) is 48.6 Å². The van der Waals surface area contributed by atoms with Gasteiger partial charge in [-0.1, -0.05) is 236 Å². The Morgan fingerprint density at radius 1 is 0.417 bits per heavy atom. The van der Waals surface area contributed by atoms with E-state index < -0.39 is 24.3 Å². The Balaban J connectivity index is 4.17. The molecule has 420 valence electrons. The zero-order valence-corrected chi connectivity index (χ0v) is 47.8. The molecule has 2 atom stereocenters. The highest BCUT2D eigenvalue weighted by molar-refractivity contribution is 5.71. The number of nitrogens with zero attached hydrogens (tertiary/aromatic N) is 1. The number of rotatable bonds is 56. The molecule has 0 amide bonds. The van der Waals surface area contributed by atoms with Gasteiger partial charge >= 0.3 is 17.9 Å². The van der Waals surface area contributed by atoms with Crippen LogP contribution in [-0.2, 0) is 33.3 Å². The number of quaternary nitrogens is 1.